The molecule has 1 aromatic heterocycles. The Hall–Kier alpha value is -2.40. The van der Waals surface area contributed by atoms with Gasteiger partial charge in [-0.15, -0.1) is 0 Å². The molecule has 5 heteroatoms. The molecule has 5 nitrogen and oxygen atoms in total. The number of aromatic nitrogens is 1. The number of pyridine rings is 1. The molecule has 1 aliphatic rings. The number of nitrogens with two attached hydrogens (primary N) is 1. The number of hydrogen-bond donors (Lipinski definition) is 3. The normalized spacial score (nSPS) is 15.3. The van der Waals surface area contributed by atoms with Gasteiger partial charge in [-0.3, -0.25) is 0 Å². The van der Waals surface area contributed by atoms with Crippen LogP contribution >= 0.6 is 0 Å². The molecule has 3 rings (SSSR count). The Balaban J connectivity index is 2.00. The van der Waals surface area contributed by atoms with Crippen LogP contribution in [0.4, 0.5) is 11.5 Å². The summed E-state index contributed by atoms with van der Waals surface area (Å²) in [5.74, 6) is 1.34. The highest BCUT2D eigenvalue weighted by Crippen LogP contribution is 2.33. The third kappa shape index (κ3) is 5.60. The SMILES string of the molecule is CC(CN)CCc1cccc(-c2cc(N3CCCCC3)c(C=N)c(NC(C)C)n2)c1. The third-order valence-electron chi connectivity index (χ3n) is 5.85. The fourth-order valence-corrected chi connectivity index (χ4v) is 4.03. The summed E-state index contributed by atoms with van der Waals surface area (Å²) in [6.45, 7) is 9.25. The lowest BCUT2D eigenvalue weighted by Gasteiger charge is -2.31. The Kier molecular flexibility index (Phi) is 7.86. The first-order chi connectivity index (χ1) is 14.5. The minimum absolute atomic E-state index is 0.254. The molecule has 4 N–H and O–H groups in total. The van der Waals surface area contributed by atoms with E-state index in [0.29, 0.717) is 5.92 Å². The van der Waals surface area contributed by atoms with Crippen molar-refractivity contribution in [2.75, 3.05) is 29.9 Å². The minimum atomic E-state index is 0.254. The highest BCUT2D eigenvalue weighted by atomic mass is 15.1. The highest BCUT2D eigenvalue weighted by Gasteiger charge is 2.19. The van der Waals surface area contributed by atoms with Gasteiger partial charge in [-0.1, -0.05) is 25.1 Å². The Morgan fingerprint density at radius 1 is 1.17 bits per heavy atom. The van der Waals surface area contributed by atoms with E-state index in [-0.39, 0.29) is 6.04 Å². The van der Waals surface area contributed by atoms with E-state index >= 15 is 0 Å². The van der Waals surface area contributed by atoms with Gasteiger partial charge < -0.3 is 21.4 Å². The summed E-state index contributed by atoms with van der Waals surface area (Å²) in [6.07, 6.45) is 7.28. The van der Waals surface area contributed by atoms with Crippen LogP contribution in [-0.4, -0.2) is 36.9 Å². The first kappa shape index (κ1) is 22.3. The molecule has 1 saturated heterocycles. The second kappa shape index (κ2) is 10.6. The van der Waals surface area contributed by atoms with Gasteiger partial charge >= 0.3 is 0 Å². The molecule has 1 aliphatic heterocycles. The molecule has 0 spiro atoms. The van der Waals surface area contributed by atoms with E-state index in [9.17, 15) is 0 Å². The van der Waals surface area contributed by atoms with Crippen LogP contribution in [-0.2, 0) is 6.42 Å². The molecular weight excluding hydrogens is 370 g/mol. The summed E-state index contributed by atoms with van der Waals surface area (Å²) in [5, 5.41) is 11.5. The summed E-state index contributed by atoms with van der Waals surface area (Å²) in [7, 11) is 0. The number of piperidine rings is 1. The van der Waals surface area contributed by atoms with Crippen molar-refractivity contribution in [2.24, 2.45) is 11.7 Å². The molecule has 2 heterocycles. The molecule has 0 saturated carbocycles. The fourth-order valence-electron chi connectivity index (χ4n) is 4.03. The molecule has 162 valence electrons. The van der Waals surface area contributed by atoms with Crippen molar-refractivity contribution in [3.63, 3.8) is 0 Å². The van der Waals surface area contributed by atoms with Gasteiger partial charge in [-0.05, 0) is 76.1 Å². The lowest BCUT2D eigenvalue weighted by molar-refractivity contribution is 0.545. The number of hydrogen-bond acceptors (Lipinski definition) is 5. The summed E-state index contributed by atoms with van der Waals surface area (Å²) in [5.41, 5.74) is 11.2. The number of aryl methyl sites for hydroxylation is 1. The largest absolute Gasteiger partial charge is 0.371 e. The average molecular weight is 408 g/mol. The van der Waals surface area contributed by atoms with Gasteiger partial charge in [0.2, 0.25) is 0 Å². The standard InChI is InChI=1S/C25H37N5/c1-18(2)28-25-22(17-27)24(30-12-5-4-6-13-30)15-23(29-25)21-9-7-8-20(14-21)11-10-19(3)16-26/h7-9,14-15,17-19,27H,4-6,10-13,16,26H2,1-3H3,(H,28,29). The lowest BCUT2D eigenvalue weighted by Crippen LogP contribution is -2.31. The quantitative estimate of drug-likeness (QED) is 0.506. The van der Waals surface area contributed by atoms with Crippen LogP contribution in [0.5, 0.6) is 0 Å². The summed E-state index contributed by atoms with van der Waals surface area (Å²) in [6, 6.07) is 11.1. The Morgan fingerprint density at radius 3 is 2.60 bits per heavy atom. The topological polar surface area (TPSA) is 78.0 Å². The monoisotopic (exact) mass is 407 g/mol. The zero-order valence-corrected chi connectivity index (χ0v) is 18.7. The predicted octanol–water partition coefficient (Wildman–Crippen LogP) is 5.08. The molecule has 1 fully saturated rings. The third-order valence-corrected chi connectivity index (χ3v) is 5.85. The number of rotatable bonds is 9. The van der Waals surface area contributed by atoms with E-state index in [1.807, 2.05) is 0 Å². The van der Waals surface area contributed by atoms with Crippen LogP contribution in [0.3, 0.4) is 0 Å². The molecule has 1 unspecified atom stereocenters. The van der Waals surface area contributed by atoms with Crippen LogP contribution in [0.15, 0.2) is 30.3 Å². The van der Waals surface area contributed by atoms with E-state index in [1.54, 1.807) is 0 Å². The molecule has 2 aromatic rings. The zero-order chi connectivity index (χ0) is 21.5. The van der Waals surface area contributed by atoms with Crippen LogP contribution in [0.2, 0.25) is 0 Å². The summed E-state index contributed by atoms with van der Waals surface area (Å²) >= 11 is 0. The van der Waals surface area contributed by atoms with Gasteiger partial charge in [0.05, 0.1) is 16.9 Å². The van der Waals surface area contributed by atoms with Crippen molar-refractivity contribution in [2.45, 2.75) is 58.9 Å². The van der Waals surface area contributed by atoms with Crippen molar-refractivity contribution in [3.8, 4) is 11.3 Å². The summed E-state index contributed by atoms with van der Waals surface area (Å²) in [4.78, 5) is 7.38. The maximum atomic E-state index is 8.07. The van der Waals surface area contributed by atoms with Gasteiger partial charge in [0, 0.05) is 30.9 Å². The smallest absolute Gasteiger partial charge is 0.137 e. The molecule has 1 aromatic carbocycles. The molecule has 30 heavy (non-hydrogen) atoms. The van der Waals surface area contributed by atoms with E-state index in [1.165, 1.54) is 31.0 Å². The van der Waals surface area contributed by atoms with Crippen LogP contribution < -0.4 is 16.0 Å². The van der Waals surface area contributed by atoms with Crippen molar-refractivity contribution < 1.29 is 0 Å². The van der Waals surface area contributed by atoms with Crippen molar-refractivity contribution in [1.29, 1.82) is 5.41 Å². The number of nitrogens with zero attached hydrogens (tertiary/aromatic N) is 2. The Morgan fingerprint density at radius 2 is 1.93 bits per heavy atom. The molecule has 0 aliphatic carbocycles. The zero-order valence-electron chi connectivity index (χ0n) is 18.7. The Bertz CT molecular complexity index is 839. The fraction of sp³-hybridized carbons (Fsp3) is 0.520. The van der Waals surface area contributed by atoms with Gasteiger partial charge in [-0.2, -0.15) is 0 Å². The van der Waals surface area contributed by atoms with Gasteiger partial charge in [0.15, 0.2) is 0 Å². The maximum Gasteiger partial charge on any atom is 0.137 e. The lowest BCUT2D eigenvalue weighted by atomic mass is 9.98. The molecule has 0 amide bonds. The number of anilines is 2. The van der Waals surface area contributed by atoms with E-state index < -0.39 is 0 Å². The molecule has 1 atom stereocenters. The van der Waals surface area contributed by atoms with E-state index in [2.05, 4.69) is 61.3 Å². The average Bonchev–Trinajstić information content (AvgIpc) is 2.77. The van der Waals surface area contributed by atoms with Crippen LogP contribution in [0, 0.1) is 11.3 Å². The van der Waals surface area contributed by atoms with Crippen LogP contribution in [0.25, 0.3) is 11.3 Å². The van der Waals surface area contributed by atoms with Crippen LogP contribution in [0.1, 0.15) is 57.6 Å². The molecule has 0 radical (unpaired) electrons. The molecule has 0 bridgehead atoms. The van der Waals surface area contributed by atoms with Crippen molar-refractivity contribution >= 4 is 17.7 Å². The van der Waals surface area contributed by atoms with E-state index in [4.69, 9.17) is 16.1 Å². The first-order valence-corrected chi connectivity index (χ1v) is 11.4. The second-order valence-electron chi connectivity index (χ2n) is 8.86. The predicted molar refractivity (Wildman–Crippen MR) is 129 cm³/mol. The number of nitrogens with one attached hydrogen (secondary N) is 2. The van der Waals surface area contributed by atoms with E-state index in [0.717, 1.165) is 60.8 Å². The van der Waals surface area contributed by atoms with Gasteiger partial charge in [0.1, 0.15) is 5.82 Å². The number of benzene rings is 1. The second-order valence-corrected chi connectivity index (χ2v) is 8.86. The molecular formula is C25H37N5. The first-order valence-electron chi connectivity index (χ1n) is 11.4. The highest BCUT2D eigenvalue weighted by molar-refractivity contribution is 5.94. The Labute approximate surface area is 181 Å². The maximum absolute atomic E-state index is 8.07. The van der Waals surface area contributed by atoms with Crippen molar-refractivity contribution in [1.82, 2.24) is 4.98 Å². The van der Waals surface area contributed by atoms with Gasteiger partial charge in [-0.25, -0.2) is 4.98 Å². The van der Waals surface area contributed by atoms with Crippen molar-refractivity contribution in [3.05, 3.63) is 41.5 Å². The minimum Gasteiger partial charge on any atom is -0.371 e. The summed E-state index contributed by atoms with van der Waals surface area (Å²) < 4.78 is 0. The van der Waals surface area contributed by atoms with Gasteiger partial charge in [0.25, 0.3) is 0 Å².